The van der Waals surface area contributed by atoms with Crippen molar-refractivity contribution in [3.8, 4) is 17.3 Å². The van der Waals surface area contributed by atoms with Crippen molar-refractivity contribution in [2.75, 3.05) is 0 Å². The first-order valence-electron chi connectivity index (χ1n) is 11.4. The zero-order valence-electron chi connectivity index (χ0n) is 18.3. The molecule has 0 unspecified atom stereocenters. The van der Waals surface area contributed by atoms with Gasteiger partial charge in [-0.25, -0.2) is 14.5 Å². The van der Waals surface area contributed by atoms with E-state index in [2.05, 4.69) is 40.8 Å². The monoisotopic (exact) mass is 440 g/mol. The highest BCUT2D eigenvalue weighted by atomic mass is 15.3. The SMILES string of the molecule is C1=CC(c2nc(-c3ccccc3)nc(-n3c4ccccc4n4c5ccccc5nc34)n2)=CCC1. The van der Waals surface area contributed by atoms with Crippen LogP contribution in [-0.4, -0.2) is 28.9 Å². The van der Waals surface area contributed by atoms with Crippen LogP contribution in [0, 0.1) is 0 Å². The Morgan fingerprint density at radius 1 is 0.618 bits per heavy atom. The van der Waals surface area contributed by atoms with E-state index in [-0.39, 0.29) is 0 Å². The molecule has 0 saturated carbocycles. The topological polar surface area (TPSA) is 60.9 Å². The van der Waals surface area contributed by atoms with E-state index >= 15 is 0 Å². The Morgan fingerprint density at radius 3 is 2.18 bits per heavy atom. The van der Waals surface area contributed by atoms with Crippen LogP contribution in [0.1, 0.15) is 18.7 Å². The molecule has 1 aliphatic carbocycles. The van der Waals surface area contributed by atoms with Crippen LogP contribution in [0.15, 0.2) is 97.1 Å². The molecule has 0 atom stereocenters. The van der Waals surface area contributed by atoms with Gasteiger partial charge in [0, 0.05) is 11.1 Å². The fourth-order valence-electron chi connectivity index (χ4n) is 4.64. The number of benzene rings is 3. The van der Waals surface area contributed by atoms with Gasteiger partial charge < -0.3 is 0 Å². The fourth-order valence-corrected chi connectivity index (χ4v) is 4.64. The second-order valence-corrected chi connectivity index (χ2v) is 8.35. The third-order valence-electron chi connectivity index (χ3n) is 6.22. The first-order valence-corrected chi connectivity index (χ1v) is 11.4. The van der Waals surface area contributed by atoms with Gasteiger partial charge in [-0.1, -0.05) is 72.8 Å². The molecule has 7 rings (SSSR count). The minimum absolute atomic E-state index is 0.560. The van der Waals surface area contributed by atoms with E-state index in [9.17, 15) is 0 Å². The van der Waals surface area contributed by atoms with Crippen LogP contribution in [0.2, 0.25) is 0 Å². The van der Waals surface area contributed by atoms with Gasteiger partial charge in [0.1, 0.15) is 0 Å². The first kappa shape index (κ1) is 18.9. The smallest absolute Gasteiger partial charge is 0.241 e. The van der Waals surface area contributed by atoms with Gasteiger partial charge >= 0.3 is 0 Å². The molecule has 0 saturated heterocycles. The summed E-state index contributed by atoms with van der Waals surface area (Å²) in [6.07, 6.45) is 8.49. The lowest BCUT2D eigenvalue weighted by Gasteiger charge is -2.11. The molecule has 6 nitrogen and oxygen atoms in total. The largest absolute Gasteiger partial charge is 0.276 e. The van der Waals surface area contributed by atoms with Crippen LogP contribution in [-0.2, 0) is 0 Å². The maximum Gasteiger partial charge on any atom is 0.241 e. The molecule has 1 aliphatic rings. The molecule has 0 fully saturated rings. The Balaban J connectivity index is 1.57. The Kier molecular flexibility index (Phi) is 4.17. The van der Waals surface area contributed by atoms with Crippen molar-refractivity contribution in [2.24, 2.45) is 0 Å². The van der Waals surface area contributed by atoms with Gasteiger partial charge in [0.2, 0.25) is 11.7 Å². The van der Waals surface area contributed by atoms with E-state index in [0.29, 0.717) is 17.6 Å². The number of nitrogens with zero attached hydrogens (tertiary/aromatic N) is 6. The zero-order valence-corrected chi connectivity index (χ0v) is 18.3. The van der Waals surface area contributed by atoms with Crippen molar-refractivity contribution in [3.63, 3.8) is 0 Å². The molecule has 0 aliphatic heterocycles. The fraction of sp³-hybridized carbons (Fsp3) is 0.0714. The molecular weight excluding hydrogens is 420 g/mol. The average Bonchev–Trinajstić information content (AvgIpc) is 3.44. The van der Waals surface area contributed by atoms with Gasteiger partial charge in [-0.15, -0.1) is 0 Å². The molecule has 3 aromatic heterocycles. The minimum atomic E-state index is 0.560. The maximum absolute atomic E-state index is 4.97. The van der Waals surface area contributed by atoms with Gasteiger partial charge in [0.05, 0.1) is 22.1 Å². The summed E-state index contributed by atoms with van der Waals surface area (Å²) in [5.41, 5.74) is 6.03. The number of allylic oxidation sites excluding steroid dienone is 4. The van der Waals surface area contributed by atoms with Gasteiger partial charge in [-0.3, -0.25) is 4.40 Å². The summed E-state index contributed by atoms with van der Waals surface area (Å²) in [6.45, 7) is 0. The van der Waals surface area contributed by atoms with E-state index in [4.69, 9.17) is 19.9 Å². The molecule has 6 aromatic rings. The molecule has 3 heterocycles. The third kappa shape index (κ3) is 2.89. The van der Waals surface area contributed by atoms with E-state index in [1.54, 1.807) is 0 Å². The number of hydrogen-bond donors (Lipinski definition) is 0. The zero-order chi connectivity index (χ0) is 22.5. The summed E-state index contributed by atoms with van der Waals surface area (Å²) >= 11 is 0. The first-order chi connectivity index (χ1) is 16.9. The highest BCUT2D eigenvalue weighted by molar-refractivity contribution is 5.91. The minimum Gasteiger partial charge on any atom is -0.276 e. The van der Waals surface area contributed by atoms with Crippen molar-refractivity contribution in [1.29, 1.82) is 0 Å². The lowest BCUT2D eigenvalue weighted by molar-refractivity contribution is 0.915. The summed E-state index contributed by atoms with van der Waals surface area (Å²) in [5.74, 6) is 2.66. The van der Waals surface area contributed by atoms with E-state index in [1.807, 2.05) is 65.2 Å². The predicted octanol–water partition coefficient (Wildman–Crippen LogP) is 6.02. The number of fused-ring (bicyclic) bond motifs is 5. The number of imidazole rings is 2. The molecule has 0 N–H and O–H groups in total. The normalized spacial score (nSPS) is 13.7. The summed E-state index contributed by atoms with van der Waals surface area (Å²) in [5, 5.41) is 0. The molecular formula is C28H20N6. The van der Waals surface area contributed by atoms with Crippen LogP contribution >= 0.6 is 0 Å². The molecule has 0 spiro atoms. The van der Waals surface area contributed by atoms with Crippen LogP contribution in [0.3, 0.4) is 0 Å². The molecule has 34 heavy (non-hydrogen) atoms. The standard InChI is InChI=1S/C28H20N6/c1-3-11-19(12-4-1)25-30-26(20-13-5-2-6-14-20)32-27(31-25)34-24-18-10-9-17-23(24)33-22-16-8-7-15-21(22)29-28(33)34/h1,3-5,7-18H,2,6H2. The quantitative estimate of drug-likeness (QED) is 0.338. The number of para-hydroxylation sites is 4. The molecule has 0 bridgehead atoms. The average molecular weight is 441 g/mol. The predicted molar refractivity (Wildman–Crippen MR) is 135 cm³/mol. The Labute approximate surface area is 195 Å². The third-order valence-corrected chi connectivity index (χ3v) is 6.22. The van der Waals surface area contributed by atoms with Crippen LogP contribution in [0.4, 0.5) is 0 Å². The summed E-state index contributed by atoms with van der Waals surface area (Å²) in [6, 6.07) is 26.5. The van der Waals surface area contributed by atoms with Gasteiger partial charge in [0.25, 0.3) is 0 Å². The number of aromatic nitrogens is 6. The molecule has 0 radical (unpaired) electrons. The Bertz CT molecular complexity index is 1750. The van der Waals surface area contributed by atoms with Crippen LogP contribution < -0.4 is 0 Å². The molecule has 6 heteroatoms. The lowest BCUT2D eigenvalue weighted by atomic mass is 10.1. The second-order valence-electron chi connectivity index (χ2n) is 8.35. The Morgan fingerprint density at radius 2 is 1.35 bits per heavy atom. The number of hydrogen-bond acceptors (Lipinski definition) is 4. The van der Waals surface area contributed by atoms with Crippen LogP contribution in [0.25, 0.3) is 50.8 Å². The molecule has 3 aromatic carbocycles. The summed E-state index contributed by atoms with van der Waals surface area (Å²) in [4.78, 5) is 19.7. The summed E-state index contributed by atoms with van der Waals surface area (Å²) < 4.78 is 4.22. The second kappa shape index (κ2) is 7.49. The van der Waals surface area contributed by atoms with Gasteiger partial charge in [0.15, 0.2) is 11.6 Å². The molecule has 0 amide bonds. The number of rotatable bonds is 3. The lowest BCUT2D eigenvalue weighted by Crippen LogP contribution is -2.08. The van der Waals surface area contributed by atoms with E-state index in [1.165, 1.54) is 0 Å². The maximum atomic E-state index is 4.97. The van der Waals surface area contributed by atoms with E-state index < -0.39 is 0 Å². The van der Waals surface area contributed by atoms with Crippen molar-refractivity contribution in [3.05, 3.63) is 103 Å². The van der Waals surface area contributed by atoms with Crippen molar-refractivity contribution >= 4 is 33.4 Å². The van der Waals surface area contributed by atoms with Crippen LogP contribution in [0.5, 0.6) is 0 Å². The Hall–Kier alpha value is -4.58. The van der Waals surface area contributed by atoms with Gasteiger partial charge in [-0.2, -0.15) is 9.97 Å². The van der Waals surface area contributed by atoms with Crippen molar-refractivity contribution in [2.45, 2.75) is 12.8 Å². The van der Waals surface area contributed by atoms with Crippen molar-refractivity contribution in [1.82, 2.24) is 28.9 Å². The van der Waals surface area contributed by atoms with Crippen molar-refractivity contribution < 1.29 is 0 Å². The van der Waals surface area contributed by atoms with E-state index in [0.717, 1.165) is 51.8 Å². The summed E-state index contributed by atoms with van der Waals surface area (Å²) in [7, 11) is 0. The molecule has 162 valence electrons. The van der Waals surface area contributed by atoms with Gasteiger partial charge in [-0.05, 0) is 37.1 Å². The highest BCUT2D eigenvalue weighted by Crippen LogP contribution is 2.29. The highest BCUT2D eigenvalue weighted by Gasteiger charge is 2.20.